The highest BCUT2D eigenvalue weighted by atomic mass is 32.2. The molecule has 1 aromatic carbocycles. The summed E-state index contributed by atoms with van der Waals surface area (Å²) in [4.78, 5) is 11.0. The summed E-state index contributed by atoms with van der Waals surface area (Å²) in [5.41, 5.74) is 7.09. The minimum absolute atomic E-state index is 0.0287. The van der Waals surface area contributed by atoms with Crippen LogP contribution in [0.5, 0.6) is 17.5 Å². The first-order chi connectivity index (χ1) is 14.9. The molecule has 0 saturated carbocycles. The Morgan fingerprint density at radius 2 is 1.94 bits per heavy atom. The van der Waals surface area contributed by atoms with Gasteiger partial charge in [-0.25, -0.2) is 8.42 Å². The van der Waals surface area contributed by atoms with Crippen LogP contribution in [0.1, 0.15) is 24.0 Å². The molecule has 2 N–H and O–H groups in total. The summed E-state index contributed by atoms with van der Waals surface area (Å²) in [5, 5.41) is 0. The van der Waals surface area contributed by atoms with Gasteiger partial charge in [-0.3, -0.25) is 0 Å². The fraction of sp³-hybridized carbons (Fsp3) is 0.450. The minimum Gasteiger partial charge on any atom is -0.492 e. The lowest BCUT2D eigenvalue weighted by Gasteiger charge is -2.33. The van der Waals surface area contributed by atoms with E-state index in [0.717, 1.165) is 19.4 Å². The number of ether oxygens (including phenoxy) is 3. The van der Waals surface area contributed by atoms with E-state index in [9.17, 15) is 8.42 Å². The van der Waals surface area contributed by atoms with Crippen molar-refractivity contribution >= 4 is 21.8 Å². The molecule has 1 aromatic heterocycles. The molecule has 1 fully saturated rings. The van der Waals surface area contributed by atoms with Crippen LogP contribution >= 0.6 is 0 Å². The summed E-state index contributed by atoms with van der Waals surface area (Å²) in [6, 6.07) is 6.93. The topological polar surface area (TPSA) is 129 Å². The molecule has 0 aliphatic carbocycles. The maximum Gasteiger partial charge on any atom is 0.259 e. The second-order valence-electron chi connectivity index (χ2n) is 7.51. The van der Waals surface area contributed by atoms with Crippen molar-refractivity contribution in [1.29, 1.82) is 0 Å². The molecule has 2 aromatic rings. The normalized spacial score (nSPS) is 19.9. The maximum absolute atomic E-state index is 11.9. The van der Waals surface area contributed by atoms with E-state index in [0.29, 0.717) is 47.7 Å². The van der Waals surface area contributed by atoms with Crippen molar-refractivity contribution in [1.82, 2.24) is 9.97 Å². The number of methoxy groups -OCH3 is 2. The second kappa shape index (κ2) is 8.58. The zero-order valence-corrected chi connectivity index (χ0v) is 18.3. The third-order valence-electron chi connectivity index (χ3n) is 5.31. The Bertz CT molecular complexity index is 1080. The quantitative estimate of drug-likeness (QED) is 0.697. The third-order valence-corrected chi connectivity index (χ3v) is 6.46. The van der Waals surface area contributed by atoms with Gasteiger partial charge < -0.3 is 24.8 Å². The van der Waals surface area contributed by atoms with Crippen molar-refractivity contribution in [2.45, 2.75) is 18.6 Å². The highest BCUT2D eigenvalue weighted by Gasteiger charge is 2.27. The lowest BCUT2D eigenvalue weighted by Crippen LogP contribution is -2.39. The van der Waals surface area contributed by atoms with Crippen LogP contribution in [0.4, 0.5) is 5.95 Å². The van der Waals surface area contributed by atoms with Crippen LogP contribution in [0.3, 0.4) is 0 Å². The third kappa shape index (κ3) is 4.66. The number of fused-ring (bicyclic) bond motifs is 1. The molecule has 0 bridgehead atoms. The number of piperidine rings is 1. The smallest absolute Gasteiger partial charge is 0.259 e. The molecule has 166 valence electrons. The first kappa shape index (κ1) is 21.2. The standard InChI is InChI=1S/C20H25N5O5S/c1-28-16-9-17(29-2)23-20(22-16)25-8-4-5-13(10-25)11-30-15-7-3-6-14-12-31(26,27)24-19(21)18(14)15/h3,6-7,9,13H,4-5,8,10-12H2,1-2H3,(H2,21,24)/t13-/m0/s1. The molecule has 0 spiro atoms. The maximum atomic E-state index is 11.9. The largest absolute Gasteiger partial charge is 0.492 e. The number of amidine groups is 1. The molecule has 31 heavy (non-hydrogen) atoms. The molecule has 10 nitrogen and oxygen atoms in total. The van der Waals surface area contributed by atoms with E-state index < -0.39 is 10.0 Å². The Balaban J connectivity index is 1.48. The Hall–Kier alpha value is -3.08. The Morgan fingerprint density at radius 1 is 1.19 bits per heavy atom. The van der Waals surface area contributed by atoms with Gasteiger partial charge in [-0.1, -0.05) is 12.1 Å². The van der Waals surface area contributed by atoms with Crippen LogP contribution in [0.15, 0.2) is 28.7 Å². The summed E-state index contributed by atoms with van der Waals surface area (Å²) in [6.45, 7) is 1.99. The monoisotopic (exact) mass is 447 g/mol. The number of nitrogens with two attached hydrogens (primary N) is 1. The molecular formula is C20H25N5O5S. The fourth-order valence-electron chi connectivity index (χ4n) is 3.87. The highest BCUT2D eigenvalue weighted by molar-refractivity contribution is 7.89. The van der Waals surface area contributed by atoms with Gasteiger partial charge in [0.1, 0.15) is 11.6 Å². The molecule has 0 unspecified atom stereocenters. The summed E-state index contributed by atoms with van der Waals surface area (Å²) in [7, 11) is -0.471. The molecule has 11 heteroatoms. The molecule has 3 heterocycles. The zero-order valence-electron chi connectivity index (χ0n) is 17.4. The first-order valence-corrected chi connectivity index (χ1v) is 11.5. The van der Waals surface area contributed by atoms with E-state index >= 15 is 0 Å². The Morgan fingerprint density at radius 3 is 2.65 bits per heavy atom. The average Bonchev–Trinajstić information content (AvgIpc) is 2.76. The summed E-state index contributed by atoms with van der Waals surface area (Å²) >= 11 is 0. The van der Waals surface area contributed by atoms with Crippen LogP contribution < -0.4 is 24.8 Å². The lowest BCUT2D eigenvalue weighted by molar-refractivity contribution is 0.227. The van der Waals surface area contributed by atoms with Gasteiger partial charge in [0.2, 0.25) is 17.7 Å². The van der Waals surface area contributed by atoms with Crippen LogP contribution in [0.25, 0.3) is 0 Å². The van der Waals surface area contributed by atoms with E-state index in [1.807, 2.05) is 0 Å². The second-order valence-corrected chi connectivity index (χ2v) is 9.15. The van der Waals surface area contributed by atoms with Gasteiger partial charge in [-0.2, -0.15) is 9.97 Å². The van der Waals surface area contributed by atoms with E-state index in [-0.39, 0.29) is 17.5 Å². The minimum atomic E-state index is -3.58. The number of rotatable bonds is 6. The number of hydrogen-bond acceptors (Lipinski definition) is 9. The predicted octanol–water partition coefficient (Wildman–Crippen LogP) is 1.34. The molecule has 0 radical (unpaired) electrons. The van der Waals surface area contributed by atoms with E-state index in [1.54, 1.807) is 38.5 Å². The number of hydrogen-bond donors (Lipinski definition) is 1. The molecule has 1 atom stereocenters. The van der Waals surface area contributed by atoms with Crippen molar-refractivity contribution in [3.63, 3.8) is 0 Å². The molecule has 2 aliphatic rings. The van der Waals surface area contributed by atoms with Gasteiger partial charge in [-0.15, -0.1) is 4.40 Å². The Labute approximate surface area is 181 Å². The van der Waals surface area contributed by atoms with Gasteiger partial charge in [0.05, 0.1) is 38.2 Å². The van der Waals surface area contributed by atoms with Crippen molar-refractivity contribution in [3.05, 3.63) is 35.4 Å². The summed E-state index contributed by atoms with van der Waals surface area (Å²) < 4.78 is 43.9. The van der Waals surface area contributed by atoms with Gasteiger partial charge in [0, 0.05) is 19.0 Å². The van der Waals surface area contributed by atoms with Crippen molar-refractivity contribution in [3.8, 4) is 17.5 Å². The number of sulfonamides is 1. The SMILES string of the molecule is COc1cc(OC)nc(N2CCC[C@H](COc3cccc4c3C(N)=NS(=O)(=O)C4)C2)n1. The summed E-state index contributed by atoms with van der Waals surface area (Å²) in [6.07, 6.45) is 1.95. The van der Waals surface area contributed by atoms with Gasteiger partial charge in [0.25, 0.3) is 10.0 Å². The molecular weight excluding hydrogens is 422 g/mol. The zero-order chi connectivity index (χ0) is 22.0. The molecule has 4 rings (SSSR count). The molecule has 1 saturated heterocycles. The Kier molecular flexibility index (Phi) is 5.86. The first-order valence-electron chi connectivity index (χ1n) is 9.93. The molecule has 0 amide bonds. The molecule has 2 aliphatic heterocycles. The van der Waals surface area contributed by atoms with Gasteiger partial charge >= 0.3 is 0 Å². The number of benzene rings is 1. The summed E-state index contributed by atoms with van der Waals surface area (Å²) in [5.74, 6) is 2.02. The van der Waals surface area contributed by atoms with Gasteiger partial charge in [-0.05, 0) is 24.5 Å². The highest BCUT2D eigenvalue weighted by Crippen LogP contribution is 2.30. The van der Waals surface area contributed by atoms with Crippen LogP contribution in [0.2, 0.25) is 0 Å². The number of anilines is 1. The number of nitrogens with zero attached hydrogens (tertiary/aromatic N) is 4. The van der Waals surface area contributed by atoms with E-state index in [2.05, 4.69) is 19.3 Å². The average molecular weight is 448 g/mol. The van der Waals surface area contributed by atoms with Crippen LogP contribution in [-0.4, -0.2) is 58.1 Å². The van der Waals surface area contributed by atoms with Crippen LogP contribution in [0, 0.1) is 5.92 Å². The van der Waals surface area contributed by atoms with Crippen molar-refractivity contribution < 1.29 is 22.6 Å². The fourth-order valence-corrected chi connectivity index (χ4v) is 4.95. The van der Waals surface area contributed by atoms with Gasteiger partial charge in [0.15, 0.2) is 0 Å². The number of aromatic nitrogens is 2. The van der Waals surface area contributed by atoms with E-state index in [4.69, 9.17) is 19.9 Å². The van der Waals surface area contributed by atoms with E-state index in [1.165, 1.54) is 0 Å². The van der Waals surface area contributed by atoms with Crippen molar-refractivity contribution in [2.75, 3.05) is 38.8 Å². The predicted molar refractivity (Wildman–Crippen MR) is 115 cm³/mol. The van der Waals surface area contributed by atoms with Crippen LogP contribution in [-0.2, 0) is 15.8 Å². The van der Waals surface area contributed by atoms with Crippen molar-refractivity contribution in [2.24, 2.45) is 16.0 Å². The lowest BCUT2D eigenvalue weighted by atomic mass is 9.99.